The van der Waals surface area contributed by atoms with Gasteiger partial charge in [0.15, 0.2) is 0 Å². The van der Waals surface area contributed by atoms with E-state index in [2.05, 4.69) is 0 Å². The largest absolute Gasteiger partial charge is 0.411 e. The van der Waals surface area contributed by atoms with Gasteiger partial charge in [0, 0.05) is 0 Å². The van der Waals surface area contributed by atoms with Gasteiger partial charge in [-0.15, -0.1) is 0 Å². The Kier molecular flexibility index (Phi) is 2.26. The monoisotopic (exact) mass is 194 g/mol. The average molecular weight is 194 g/mol. The van der Waals surface area contributed by atoms with Crippen LogP contribution in [-0.4, -0.2) is 18.9 Å². The van der Waals surface area contributed by atoms with Crippen molar-refractivity contribution in [2.75, 3.05) is 6.61 Å². The first kappa shape index (κ1) is 9.31. The van der Waals surface area contributed by atoms with Gasteiger partial charge in [-0.05, 0) is 37.5 Å². The molecule has 2 aliphatic rings. The van der Waals surface area contributed by atoms with Crippen molar-refractivity contribution in [2.24, 2.45) is 11.8 Å². The van der Waals surface area contributed by atoms with E-state index < -0.39 is 12.8 Å². The number of rotatable bonds is 2. The van der Waals surface area contributed by atoms with Crippen LogP contribution in [0.5, 0.6) is 0 Å². The Morgan fingerprint density at radius 1 is 1.15 bits per heavy atom. The van der Waals surface area contributed by atoms with Crippen LogP contribution in [-0.2, 0) is 4.74 Å². The van der Waals surface area contributed by atoms with Gasteiger partial charge in [0.2, 0.25) is 0 Å². The van der Waals surface area contributed by atoms with E-state index in [9.17, 15) is 13.2 Å². The van der Waals surface area contributed by atoms with E-state index in [0.29, 0.717) is 11.8 Å². The molecule has 0 aromatic heterocycles. The molecule has 13 heavy (non-hydrogen) atoms. The van der Waals surface area contributed by atoms with Crippen LogP contribution in [0.3, 0.4) is 0 Å². The van der Waals surface area contributed by atoms with Crippen LogP contribution in [0.2, 0.25) is 0 Å². The minimum atomic E-state index is -4.16. The molecule has 3 atom stereocenters. The van der Waals surface area contributed by atoms with E-state index in [1.54, 1.807) is 0 Å². The zero-order chi connectivity index (χ0) is 9.47. The average Bonchev–Trinajstić information content (AvgIpc) is 2.58. The topological polar surface area (TPSA) is 9.23 Å². The highest BCUT2D eigenvalue weighted by Crippen LogP contribution is 2.46. The summed E-state index contributed by atoms with van der Waals surface area (Å²) in [5.74, 6) is 1.05. The predicted octanol–water partition coefficient (Wildman–Crippen LogP) is 2.75. The molecule has 2 bridgehead atoms. The highest BCUT2D eigenvalue weighted by Gasteiger charge is 2.41. The normalized spacial score (nSPS) is 38.5. The molecule has 0 aliphatic heterocycles. The molecule has 0 radical (unpaired) electrons. The molecule has 1 nitrogen and oxygen atoms in total. The summed E-state index contributed by atoms with van der Waals surface area (Å²) < 4.78 is 40.4. The minimum absolute atomic E-state index is 0.111. The quantitative estimate of drug-likeness (QED) is 0.656. The van der Waals surface area contributed by atoms with Gasteiger partial charge >= 0.3 is 6.18 Å². The second-order valence-electron chi connectivity index (χ2n) is 4.14. The molecule has 0 aromatic rings. The Balaban J connectivity index is 1.78. The van der Waals surface area contributed by atoms with Crippen LogP contribution >= 0.6 is 0 Å². The van der Waals surface area contributed by atoms with Gasteiger partial charge < -0.3 is 4.74 Å². The molecule has 0 heterocycles. The van der Waals surface area contributed by atoms with Crippen LogP contribution in [0, 0.1) is 11.8 Å². The molecule has 0 N–H and O–H groups in total. The summed E-state index contributed by atoms with van der Waals surface area (Å²) in [5, 5.41) is 0. The lowest BCUT2D eigenvalue weighted by Gasteiger charge is -2.22. The number of hydrogen-bond acceptors (Lipinski definition) is 1. The minimum Gasteiger partial charge on any atom is -0.369 e. The third kappa shape index (κ3) is 2.16. The fraction of sp³-hybridized carbons (Fsp3) is 1.00. The summed E-state index contributed by atoms with van der Waals surface area (Å²) in [6.07, 6.45) is -0.0881. The van der Waals surface area contributed by atoms with Crippen LogP contribution in [0.15, 0.2) is 0 Å². The molecule has 0 amide bonds. The SMILES string of the molecule is FC(F)(F)CO[C@H]1C[C@@H]2CC[C@H]1C2. The fourth-order valence-electron chi connectivity index (χ4n) is 2.59. The summed E-state index contributed by atoms with van der Waals surface area (Å²) in [7, 11) is 0. The molecule has 4 heteroatoms. The van der Waals surface area contributed by atoms with Crippen molar-refractivity contribution >= 4 is 0 Å². The molecule has 0 saturated heterocycles. The molecule has 0 aromatic carbocycles. The summed E-state index contributed by atoms with van der Waals surface area (Å²) in [4.78, 5) is 0. The van der Waals surface area contributed by atoms with Crippen LogP contribution in [0.1, 0.15) is 25.7 Å². The first-order chi connectivity index (χ1) is 6.04. The zero-order valence-corrected chi connectivity index (χ0v) is 7.31. The van der Waals surface area contributed by atoms with E-state index in [4.69, 9.17) is 4.74 Å². The van der Waals surface area contributed by atoms with Gasteiger partial charge in [0.25, 0.3) is 0 Å². The lowest BCUT2D eigenvalue weighted by atomic mass is 9.98. The van der Waals surface area contributed by atoms with Crippen LogP contribution < -0.4 is 0 Å². The Morgan fingerprint density at radius 3 is 2.38 bits per heavy atom. The van der Waals surface area contributed by atoms with Gasteiger partial charge in [-0.3, -0.25) is 0 Å². The maximum atomic E-state index is 11.8. The van der Waals surface area contributed by atoms with Crippen molar-refractivity contribution in [1.29, 1.82) is 0 Å². The standard InChI is InChI=1S/C9H13F3O/c10-9(11,12)5-13-8-4-6-1-2-7(8)3-6/h6-8H,1-5H2/t6-,7+,8+/m1/s1. The van der Waals surface area contributed by atoms with Gasteiger partial charge in [-0.25, -0.2) is 0 Å². The lowest BCUT2D eigenvalue weighted by molar-refractivity contribution is -0.189. The predicted molar refractivity (Wildman–Crippen MR) is 41.2 cm³/mol. The molecule has 2 fully saturated rings. The second-order valence-corrected chi connectivity index (χ2v) is 4.14. The highest BCUT2D eigenvalue weighted by atomic mass is 19.4. The molecule has 76 valence electrons. The maximum absolute atomic E-state index is 11.8. The molecular weight excluding hydrogens is 181 g/mol. The van der Waals surface area contributed by atoms with Gasteiger partial charge in [0.05, 0.1) is 6.10 Å². The van der Waals surface area contributed by atoms with E-state index in [1.807, 2.05) is 0 Å². The van der Waals surface area contributed by atoms with Crippen molar-refractivity contribution in [3.63, 3.8) is 0 Å². The number of fused-ring (bicyclic) bond motifs is 2. The summed E-state index contributed by atoms with van der Waals surface area (Å²) in [5.41, 5.74) is 0. The first-order valence-corrected chi connectivity index (χ1v) is 4.73. The maximum Gasteiger partial charge on any atom is 0.411 e. The first-order valence-electron chi connectivity index (χ1n) is 4.73. The summed E-state index contributed by atoms with van der Waals surface area (Å²) in [6.45, 7) is -1.07. The Bertz CT molecular complexity index is 190. The van der Waals surface area contributed by atoms with E-state index in [-0.39, 0.29) is 6.10 Å². The molecule has 2 saturated carbocycles. The molecule has 0 unspecified atom stereocenters. The Labute approximate surface area is 75.3 Å². The van der Waals surface area contributed by atoms with E-state index >= 15 is 0 Å². The third-order valence-electron chi connectivity index (χ3n) is 3.13. The van der Waals surface area contributed by atoms with E-state index in [1.165, 1.54) is 6.42 Å². The summed E-state index contributed by atoms with van der Waals surface area (Å²) in [6, 6.07) is 0. The van der Waals surface area contributed by atoms with Crippen LogP contribution in [0.25, 0.3) is 0 Å². The molecule has 2 rings (SSSR count). The number of halogens is 3. The number of alkyl halides is 3. The smallest absolute Gasteiger partial charge is 0.369 e. The fourth-order valence-corrected chi connectivity index (χ4v) is 2.59. The second kappa shape index (κ2) is 3.15. The van der Waals surface area contributed by atoms with Gasteiger partial charge in [-0.2, -0.15) is 13.2 Å². The Morgan fingerprint density at radius 2 is 1.92 bits per heavy atom. The molecule has 2 aliphatic carbocycles. The molecule has 0 spiro atoms. The van der Waals surface area contributed by atoms with Crippen LogP contribution in [0.4, 0.5) is 13.2 Å². The van der Waals surface area contributed by atoms with Crippen molar-refractivity contribution < 1.29 is 17.9 Å². The third-order valence-corrected chi connectivity index (χ3v) is 3.13. The van der Waals surface area contributed by atoms with Gasteiger partial charge in [0.1, 0.15) is 6.61 Å². The Hall–Kier alpha value is -0.250. The number of ether oxygens (including phenoxy) is 1. The van der Waals surface area contributed by atoms with Crippen molar-refractivity contribution in [3.8, 4) is 0 Å². The van der Waals surface area contributed by atoms with Gasteiger partial charge in [-0.1, -0.05) is 0 Å². The van der Waals surface area contributed by atoms with Crippen molar-refractivity contribution in [1.82, 2.24) is 0 Å². The summed E-state index contributed by atoms with van der Waals surface area (Å²) >= 11 is 0. The zero-order valence-electron chi connectivity index (χ0n) is 7.31. The number of hydrogen-bond donors (Lipinski definition) is 0. The highest BCUT2D eigenvalue weighted by molar-refractivity contribution is 4.90. The van der Waals surface area contributed by atoms with E-state index in [0.717, 1.165) is 19.3 Å². The lowest BCUT2D eigenvalue weighted by Crippen LogP contribution is -2.27. The van der Waals surface area contributed by atoms with Crippen molar-refractivity contribution in [2.45, 2.75) is 38.0 Å². The molecular formula is C9H13F3O. The van der Waals surface area contributed by atoms with Crippen molar-refractivity contribution in [3.05, 3.63) is 0 Å².